The minimum absolute atomic E-state index is 0.507. The number of nitrogens with one attached hydrogen (secondary N) is 3. The highest BCUT2D eigenvalue weighted by Gasteiger charge is 2.22. The van der Waals surface area contributed by atoms with E-state index in [4.69, 9.17) is 0 Å². The molecule has 0 amide bonds. The van der Waals surface area contributed by atoms with E-state index in [1.54, 1.807) is 0 Å². The first kappa shape index (κ1) is 13.8. The van der Waals surface area contributed by atoms with Gasteiger partial charge in [0, 0.05) is 41.0 Å². The van der Waals surface area contributed by atoms with Crippen LogP contribution >= 0.6 is 0 Å². The number of rotatable bonds is 3. The Labute approximate surface area is 140 Å². The lowest BCUT2D eigenvalue weighted by Crippen LogP contribution is -2.34. The van der Waals surface area contributed by atoms with Crippen LogP contribution in [0.1, 0.15) is 23.4 Å². The van der Waals surface area contributed by atoms with Crippen molar-refractivity contribution in [2.24, 2.45) is 0 Å². The van der Waals surface area contributed by atoms with Crippen LogP contribution in [-0.2, 0) is 19.4 Å². The molecule has 120 valence electrons. The van der Waals surface area contributed by atoms with E-state index in [1.165, 1.54) is 39.7 Å². The maximum absolute atomic E-state index is 4.38. The van der Waals surface area contributed by atoms with Gasteiger partial charge in [-0.25, -0.2) is 0 Å². The van der Waals surface area contributed by atoms with E-state index >= 15 is 0 Å². The van der Waals surface area contributed by atoms with Gasteiger partial charge in [0.25, 0.3) is 0 Å². The molecule has 0 unspecified atom stereocenters. The Kier molecular flexibility index (Phi) is 3.16. The van der Waals surface area contributed by atoms with E-state index in [-0.39, 0.29) is 0 Å². The Morgan fingerprint density at radius 1 is 1.04 bits per heavy atom. The summed E-state index contributed by atoms with van der Waals surface area (Å²) in [6.45, 7) is 0.834. The number of benzene rings is 2. The van der Waals surface area contributed by atoms with Gasteiger partial charge < -0.3 is 10.3 Å². The molecule has 1 aliphatic rings. The first-order chi connectivity index (χ1) is 11.9. The topological polar surface area (TPSA) is 56.5 Å². The molecule has 4 aromatic rings. The SMILES string of the molecule is c1ccc2c(CN[C@H]3CCc4c([nH]c5ccccc45)C3)[nH]nc2c1. The summed E-state index contributed by atoms with van der Waals surface area (Å²) < 4.78 is 0. The number of hydrogen-bond donors (Lipinski definition) is 3. The molecule has 0 spiro atoms. The largest absolute Gasteiger partial charge is 0.358 e. The van der Waals surface area contributed by atoms with Crippen molar-refractivity contribution >= 4 is 21.8 Å². The molecule has 0 radical (unpaired) electrons. The lowest BCUT2D eigenvalue weighted by molar-refractivity contribution is 0.453. The lowest BCUT2D eigenvalue weighted by atomic mass is 9.91. The van der Waals surface area contributed by atoms with Crippen molar-refractivity contribution in [3.8, 4) is 0 Å². The van der Waals surface area contributed by atoms with Gasteiger partial charge in [-0.05, 0) is 30.5 Å². The molecule has 1 atom stereocenters. The van der Waals surface area contributed by atoms with Gasteiger partial charge in [-0.1, -0.05) is 36.4 Å². The zero-order chi connectivity index (χ0) is 15.9. The maximum Gasteiger partial charge on any atom is 0.0924 e. The summed E-state index contributed by atoms with van der Waals surface area (Å²) in [5.74, 6) is 0. The van der Waals surface area contributed by atoms with Crippen LogP contribution in [0.5, 0.6) is 0 Å². The minimum atomic E-state index is 0.507. The zero-order valence-corrected chi connectivity index (χ0v) is 13.5. The van der Waals surface area contributed by atoms with Gasteiger partial charge in [-0.2, -0.15) is 5.10 Å². The number of nitrogens with zero attached hydrogens (tertiary/aromatic N) is 1. The van der Waals surface area contributed by atoms with Crippen LogP contribution in [0.25, 0.3) is 21.8 Å². The van der Waals surface area contributed by atoms with Crippen LogP contribution in [0.4, 0.5) is 0 Å². The van der Waals surface area contributed by atoms with E-state index in [2.05, 4.69) is 56.9 Å². The number of para-hydroxylation sites is 2. The molecule has 0 bridgehead atoms. The van der Waals surface area contributed by atoms with Gasteiger partial charge in [0.15, 0.2) is 0 Å². The molecular weight excluding hydrogens is 296 g/mol. The molecule has 2 heterocycles. The quantitative estimate of drug-likeness (QED) is 0.540. The highest BCUT2D eigenvalue weighted by molar-refractivity contribution is 5.85. The molecule has 2 aromatic carbocycles. The molecular formula is C20H20N4. The summed E-state index contributed by atoms with van der Waals surface area (Å²) in [5, 5.41) is 13.9. The van der Waals surface area contributed by atoms with Crippen LogP contribution in [0.15, 0.2) is 48.5 Å². The van der Waals surface area contributed by atoms with Crippen LogP contribution < -0.4 is 5.32 Å². The fourth-order valence-corrected chi connectivity index (χ4v) is 3.95. The van der Waals surface area contributed by atoms with E-state index in [9.17, 15) is 0 Å². The Balaban J connectivity index is 1.34. The Bertz CT molecular complexity index is 1010. The highest BCUT2D eigenvalue weighted by atomic mass is 15.1. The fourth-order valence-electron chi connectivity index (χ4n) is 3.95. The van der Waals surface area contributed by atoms with Crippen LogP contribution in [0, 0.1) is 0 Å². The average Bonchev–Trinajstić information content (AvgIpc) is 3.20. The predicted octanol–water partition coefficient (Wildman–Crippen LogP) is 3.69. The van der Waals surface area contributed by atoms with Crippen molar-refractivity contribution in [2.45, 2.75) is 31.8 Å². The number of fused-ring (bicyclic) bond motifs is 4. The first-order valence-corrected chi connectivity index (χ1v) is 8.62. The molecule has 0 saturated carbocycles. The van der Waals surface area contributed by atoms with Gasteiger partial charge >= 0.3 is 0 Å². The second kappa shape index (κ2) is 5.49. The summed E-state index contributed by atoms with van der Waals surface area (Å²) in [5.41, 5.74) is 6.39. The molecule has 0 saturated heterocycles. The zero-order valence-electron chi connectivity index (χ0n) is 13.5. The van der Waals surface area contributed by atoms with Gasteiger partial charge in [0.05, 0.1) is 11.2 Å². The number of aromatic amines is 2. The van der Waals surface area contributed by atoms with E-state index in [0.717, 1.165) is 24.9 Å². The Morgan fingerprint density at radius 2 is 1.88 bits per heavy atom. The standard InChI is InChI=1S/C20H20N4/c1-3-7-17-14(5-1)15-10-9-13(11-19(15)22-17)21-12-20-16-6-2-4-8-18(16)23-24-20/h1-8,13,21-22H,9-12H2,(H,23,24)/t13-/m0/s1. The molecule has 1 aliphatic carbocycles. The van der Waals surface area contributed by atoms with E-state index < -0.39 is 0 Å². The smallest absolute Gasteiger partial charge is 0.0924 e. The second-order valence-corrected chi connectivity index (χ2v) is 6.67. The summed E-state index contributed by atoms with van der Waals surface area (Å²) in [6.07, 6.45) is 3.39. The van der Waals surface area contributed by atoms with Crippen molar-refractivity contribution in [2.75, 3.05) is 0 Å². The summed E-state index contributed by atoms with van der Waals surface area (Å²) in [7, 11) is 0. The molecule has 4 heteroatoms. The summed E-state index contributed by atoms with van der Waals surface area (Å²) >= 11 is 0. The third-order valence-corrected chi connectivity index (χ3v) is 5.20. The van der Waals surface area contributed by atoms with Crippen LogP contribution in [0.3, 0.4) is 0 Å². The average molecular weight is 316 g/mol. The van der Waals surface area contributed by atoms with Crippen molar-refractivity contribution < 1.29 is 0 Å². The second-order valence-electron chi connectivity index (χ2n) is 6.67. The monoisotopic (exact) mass is 316 g/mol. The van der Waals surface area contributed by atoms with E-state index in [0.29, 0.717) is 6.04 Å². The summed E-state index contributed by atoms with van der Waals surface area (Å²) in [6, 6.07) is 17.4. The number of H-pyrrole nitrogens is 2. The van der Waals surface area contributed by atoms with Crippen molar-refractivity contribution in [3.63, 3.8) is 0 Å². The van der Waals surface area contributed by atoms with Crippen LogP contribution in [0.2, 0.25) is 0 Å². The molecule has 3 N–H and O–H groups in total. The van der Waals surface area contributed by atoms with Crippen molar-refractivity contribution in [1.29, 1.82) is 0 Å². The number of aromatic nitrogens is 3. The molecule has 5 rings (SSSR count). The predicted molar refractivity (Wildman–Crippen MR) is 97.0 cm³/mol. The Hall–Kier alpha value is -2.59. The van der Waals surface area contributed by atoms with Gasteiger partial charge in [0.1, 0.15) is 0 Å². The normalized spacial score (nSPS) is 17.4. The molecule has 0 aliphatic heterocycles. The highest BCUT2D eigenvalue weighted by Crippen LogP contribution is 2.29. The molecule has 4 nitrogen and oxygen atoms in total. The van der Waals surface area contributed by atoms with Crippen molar-refractivity contribution in [1.82, 2.24) is 20.5 Å². The fraction of sp³-hybridized carbons (Fsp3) is 0.250. The lowest BCUT2D eigenvalue weighted by Gasteiger charge is -2.23. The third-order valence-electron chi connectivity index (χ3n) is 5.20. The number of aryl methyl sites for hydroxylation is 1. The third kappa shape index (κ3) is 2.22. The summed E-state index contributed by atoms with van der Waals surface area (Å²) in [4.78, 5) is 3.61. The minimum Gasteiger partial charge on any atom is -0.358 e. The first-order valence-electron chi connectivity index (χ1n) is 8.62. The molecule has 24 heavy (non-hydrogen) atoms. The van der Waals surface area contributed by atoms with Gasteiger partial charge in [0.2, 0.25) is 0 Å². The van der Waals surface area contributed by atoms with Gasteiger partial charge in [-0.3, -0.25) is 5.10 Å². The molecule has 0 fully saturated rings. The Morgan fingerprint density at radius 3 is 2.83 bits per heavy atom. The number of hydrogen-bond acceptors (Lipinski definition) is 2. The molecule has 2 aromatic heterocycles. The maximum atomic E-state index is 4.38. The van der Waals surface area contributed by atoms with E-state index in [1.807, 2.05) is 12.1 Å². The van der Waals surface area contributed by atoms with Crippen molar-refractivity contribution in [3.05, 3.63) is 65.5 Å². The van der Waals surface area contributed by atoms with Crippen LogP contribution in [-0.4, -0.2) is 21.2 Å². The van der Waals surface area contributed by atoms with Gasteiger partial charge in [-0.15, -0.1) is 0 Å².